The maximum atomic E-state index is 12.0. The smallest absolute Gasteiger partial charge is 0.215 e. The van der Waals surface area contributed by atoms with Gasteiger partial charge in [0.1, 0.15) is 0 Å². The fraction of sp³-hybridized carbons (Fsp3) is 0.647. The first-order valence-corrected chi connectivity index (χ1v) is 10.1. The topological polar surface area (TPSA) is 52.6 Å². The molecule has 1 aliphatic rings. The lowest BCUT2D eigenvalue weighted by molar-refractivity contribution is 0.152. The van der Waals surface area contributed by atoms with Gasteiger partial charge in [0.2, 0.25) is 10.0 Å². The molecule has 1 heterocycles. The predicted molar refractivity (Wildman–Crippen MR) is 94.9 cm³/mol. The van der Waals surface area contributed by atoms with Gasteiger partial charge in [0, 0.05) is 32.7 Å². The molecular weight excluding hydrogens is 310 g/mol. The van der Waals surface area contributed by atoms with Gasteiger partial charge in [0.05, 0.1) is 5.75 Å². The lowest BCUT2D eigenvalue weighted by atomic mass is 10.2. The van der Waals surface area contributed by atoms with Crippen molar-refractivity contribution in [2.75, 3.05) is 46.3 Å². The van der Waals surface area contributed by atoms with Crippen molar-refractivity contribution in [3.05, 3.63) is 35.9 Å². The summed E-state index contributed by atoms with van der Waals surface area (Å²) in [5.74, 6) is 0.0646. The summed E-state index contributed by atoms with van der Waals surface area (Å²) in [7, 11) is -1.05. The Hall–Kier alpha value is -0.950. The van der Waals surface area contributed by atoms with Crippen LogP contribution in [0.4, 0.5) is 0 Å². The Balaban J connectivity index is 1.54. The zero-order valence-electron chi connectivity index (χ0n) is 14.1. The molecule has 1 fully saturated rings. The van der Waals surface area contributed by atoms with Crippen LogP contribution in [-0.2, 0) is 15.8 Å². The first-order valence-electron chi connectivity index (χ1n) is 8.47. The molecule has 5 nitrogen and oxygen atoms in total. The number of hydrogen-bond donors (Lipinski definition) is 1. The first kappa shape index (κ1) is 18.4. The molecule has 1 saturated heterocycles. The van der Waals surface area contributed by atoms with E-state index >= 15 is 0 Å². The summed E-state index contributed by atoms with van der Waals surface area (Å²) in [4.78, 5) is 4.86. The lowest BCUT2D eigenvalue weighted by Crippen LogP contribution is -2.44. The predicted octanol–water partition coefficient (Wildman–Crippen LogP) is 1.52. The number of piperazine rings is 1. The standard InChI is InChI=1S/C17H29N3O2S/c1-19-12-14-20(15-13-19)11-7-3-6-10-18-23(21,22)16-17-8-4-2-5-9-17/h2,4-5,8-9,18H,3,6-7,10-16H2,1H3. The van der Waals surface area contributed by atoms with E-state index in [-0.39, 0.29) is 5.75 Å². The van der Waals surface area contributed by atoms with Crippen molar-refractivity contribution >= 4 is 10.0 Å². The normalized spacial score (nSPS) is 17.4. The molecule has 1 aliphatic heterocycles. The van der Waals surface area contributed by atoms with Crippen LogP contribution >= 0.6 is 0 Å². The molecule has 0 aliphatic carbocycles. The molecule has 0 bridgehead atoms. The molecular formula is C17H29N3O2S. The molecule has 0 atom stereocenters. The Morgan fingerprint density at radius 3 is 2.39 bits per heavy atom. The van der Waals surface area contributed by atoms with Crippen molar-refractivity contribution in [1.29, 1.82) is 0 Å². The van der Waals surface area contributed by atoms with Gasteiger partial charge in [-0.1, -0.05) is 36.8 Å². The maximum Gasteiger partial charge on any atom is 0.215 e. The van der Waals surface area contributed by atoms with Crippen LogP contribution < -0.4 is 4.72 Å². The largest absolute Gasteiger partial charge is 0.304 e. The van der Waals surface area contributed by atoms with E-state index in [4.69, 9.17) is 0 Å². The summed E-state index contributed by atoms with van der Waals surface area (Å²) in [6, 6.07) is 9.31. The summed E-state index contributed by atoms with van der Waals surface area (Å²) in [5.41, 5.74) is 0.829. The number of hydrogen-bond acceptors (Lipinski definition) is 4. The molecule has 0 aromatic heterocycles. The SMILES string of the molecule is CN1CCN(CCCCCNS(=O)(=O)Cc2ccccc2)CC1. The molecule has 0 unspecified atom stereocenters. The van der Waals surface area contributed by atoms with Crippen molar-refractivity contribution in [3.63, 3.8) is 0 Å². The third kappa shape index (κ3) is 7.44. The molecule has 23 heavy (non-hydrogen) atoms. The Labute approximate surface area is 140 Å². The van der Waals surface area contributed by atoms with Crippen molar-refractivity contribution in [1.82, 2.24) is 14.5 Å². The number of nitrogens with one attached hydrogen (secondary N) is 1. The second-order valence-corrected chi connectivity index (χ2v) is 8.15. The van der Waals surface area contributed by atoms with Crippen molar-refractivity contribution < 1.29 is 8.42 Å². The zero-order valence-corrected chi connectivity index (χ0v) is 14.9. The number of sulfonamides is 1. The van der Waals surface area contributed by atoms with Gasteiger partial charge in [-0.25, -0.2) is 13.1 Å². The van der Waals surface area contributed by atoms with Crippen LogP contribution in [0.15, 0.2) is 30.3 Å². The fourth-order valence-electron chi connectivity index (χ4n) is 2.78. The highest BCUT2D eigenvalue weighted by atomic mass is 32.2. The molecule has 6 heteroatoms. The van der Waals surface area contributed by atoms with E-state index in [2.05, 4.69) is 21.6 Å². The average Bonchev–Trinajstić information content (AvgIpc) is 2.53. The Morgan fingerprint density at radius 1 is 1.00 bits per heavy atom. The molecule has 2 rings (SSSR count). The van der Waals surface area contributed by atoms with Crippen LogP contribution in [0.5, 0.6) is 0 Å². The van der Waals surface area contributed by atoms with Crippen molar-refractivity contribution in [2.24, 2.45) is 0 Å². The second-order valence-electron chi connectivity index (χ2n) is 6.34. The van der Waals surface area contributed by atoms with Crippen LogP contribution in [0.2, 0.25) is 0 Å². The number of nitrogens with zero attached hydrogens (tertiary/aromatic N) is 2. The summed E-state index contributed by atoms with van der Waals surface area (Å²) in [6.07, 6.45) is 3.12. The molecule has 0 spiro atoms. The molecule has 1 aromatic carbocycles. The average molecular weight is 340 g/mol. The minimum Gasteiger partial charge on any atom is -0.304 e. The van der Waals surface area contributed by atoms with Gasteiger partial charge in [-0.15, -0.1) is 0 Å². The van der Waals surface area contributed by atoms with Gasteiger partial charge in [-0.05, 0) is 32.0 Å². The van der Waals surface area contributed by atoms with E-state index in [1.165, 1.54) is 0 Å². The van der Waals surface area contributed by atoms with Gasteiger partial charge in [0.15, 0.2) is 0 Å². The highest BCUT2D eigenvalue weighted by Gasteiger charge is 2.13. The third-order valence-electron chi connectivity index (χ3n) is 4.27. The molecule has 0 radical (unpaired) electrons. The van der Waals surface area contributed by atoms with Crippen LogP contribution in [0.1, 0.15) is 24.8 Å². The van der Waals surface area contributed by atoms with E-state index in [1.54, 1.807) is 0 Å². The molecule has 1 N–H and O–H groups in total. The number of rotatable bonds is 9. The summed E-state index contributed by atoms with van der Waals surface area (Å²) in [5, 5.41) is 0. The monoisotopic (exact) mass is 339 g/mol. The van der Waals surface area contributed by atoms with Crippen LogP contribution in [0, 0.1) is 0 Å². The van der Waals surface area contributed by atoms with Gasteiger partial charge in [-0.3, -0.25) is 0 Å². The van der Waals surface area contributed by atoms with Gasteiger partial charge in [0.25, 0.3) is 0 Å². The summed E-state index contributed by atoms with van der Waals surface area (Å²) < 4.78 is 26.7. The Morgan fingerprint density at radius 2 is 1.70 bits per heavy atom. The number of likely N-dealkylation sites (N-methyl/N-ethyl adjacent to an activating group) is 1. The van der Waals surface area contributed by atoms with E-state index in [1.807, 2.05) is 30.3 Å². The quantitative estimate of drug-likeness (QED) is 0.693. The zero-order chi connectivity index (χ0) is 16.5. The molecule has 1 aromatic rings. The van der Waals surface area contributed by atoms with Crippen LogP contribution in [0.25, 0.3) is 0 Å². The Bertz CT molecular complexity index is 540. The lowest BCUT2D eigenvalue weighted by Gasteiger charge is -2.32. The van der Waals surface area contributed by atoms with E-state index < -0.39 is 10.0 Å². The molecule has 130 valence electrons. The molecule has 0 saturated carbocycles. The van der Waals surface area contributed by atoms with Crippen LogP contribution in [0.3, 0.4) is 0 Å². The van der Waals surface area contributed by atoms with Crippen molar-refractivity contribution in [2.45, 2.75) is 25.0 Å². The van der Waals surface area contributed by atoms with E-state index in [0.717, 1.165) is 57.5 Å². The van der Waals surface area contributed by atoms with Gasteiger partial charge < -0.3 is 9.80 Å². The minimum absolute atomic E-state index is 0.0646. The molecule has 0 amide bonds. The first-order chi connectivity index (χ1) is 11.1. The third-order valence-corrected chi connectivity index (χ3v) is 5.63. The van der Waals surface area contributed by atoms with E-state index in [9.17, 15) is 8.42 Å². The number of benzene rings is 1. The summed E-state index contributed by atoms with van der Waals surface area (Å²) >= 11 is 0. The fourth-order valence-corrected chi connectivity index (χ4v) is 3.97. The minimum atomic E-state index is -3.21. The maximum absolute atomic E-state index is 12.0. The van der Waals surface area contributed by atoms with Gasteiger partial charge in [-0.2, -0.15) is 0 Å². The van der Waals surface area contributed by atoms with E-state index in [0.29, 0.717) is 6.54 Å². The second kappa shape index (κ2) is 9.37. The van der Waals surface area contributed by atoms with Gasteiger partial charge >= 0.3 is 0 Å². The summed E-state index contributed by atoms with van der Waals surface area (Å²) in [6.45, 7) is 6.28. The highest BCUT2D eigenvalue weighted by Crippen LogP contribution is 2.05. The Kier molecular flexibility index (Phi) is 7.49. The highest BCUT2D eigenvalue weighted by molar-refractivity contribution is 7.88. The van der Waals surface area contributed by atoms with Crippen LogP contribution in [-0.4, -0.2) is 64.5 Å². The number of unbranched alkanes of at least 4 members (excludes halogenated alkanes) is 2. The van der Waals surface area contributed by atoms with Crippen molar-refractivity contribution in [3.8, 4) is 0 Å².